The summed E-state index contributed by atoms with van der Waals surface area (Å²) in [6.45, 7) is 2.66. The first-order valence-electron chi connectivity index (χ1n) is 5.52. The molecular formula is C13H17NO2. The zero-order valence-electron chi connectivity index (χ0n) is 9.56. The van der Waals surface area contributed by atoms with Crippen LogP contribution in [0, 0.1) is 0 Å². The Labute approximate surface area is 96.3 Å². The molecule has 1 aliphatic heterocycles. The Morgan fingerprint density at radius 1 is 1.31 bits per heavy atom. The standard InChI is InChI=1S/C13H17NO2/c1-15-13-5-3-12(4-6-13)7-9-14-8-2-10-16-11-14/h3-7,9H,2,8,10-11H2,1H3/b9-7+. The van der Waals surface area contributed by atoms with Crippen LogP contribution in [0.1, 0.15) is 12.0 Å². The Balaban J connectivity index is 1.94. The second kappa shape index (κ2) is 5.56. The first kappa shape index (κ1) is 11.0. The molecule has 0 spiro atoms. The molecule has 2 rings (SSSR count). The molecule has 16 heavy (non-hydrogen) atoms. The summed E-state index contributed by atoms with van der Waals surface area (Å²) in [4.78, 5) is 2.17. The summed E-state index contributed by atoms with van der Waals surface area (Å²) >= 11 is 0. The van der Waals surface area contributed by atoms with Crippen molar-refractivity contribution in [2.24, 2.45) is 0 Å². The quantitative estimate of drug-likeness (QED) is 0.779. The molecule has 3 nitrogen and oxygen atoms in total. The molecule has 86 valence electrons. The second-order valence-electron chi connectivity index (χ2n) is 3.79. The van der Waals surface area contributed by atoms with E-state index in [1.54, 1.807) is 7.11 Å². The zero-order chi connectivity index (χ0) is 11.2. The topological polar surface area (TPSA) is 21.7 Å². The Bertz CT molecular complexity index is 339. The first-order chi connectivity index (χ1) is 7.88. The highest BCUT2D eigenvalue weighted by atomic mass is 16.5. The minimum atomic E-state index is 0.701. The van der Waals surface area contributed by atoms with Gasteiger partial charge in [-0.25, -0.2) is 0 Å². The fourth-order valence-corrected chi connectivity index (χ4v) is 1.64. The van der Waals surface area contributed by atoms with Gasteiger partial charge in [-0.1, -0.05) is 12.1 Å². The Morgan fingerprint density at radius 2 is 2.12 bits per heavy atom. The van der Waals surface area contributed by atoms with Crippen LogP contribution in [0.4, 0.5) is 0 Å². The summed E-state index contributed by atoms with van der Waals surface area (Å²) < 4.78 is 10.5. The third-order valence-corrected chi connectivity index (χ3v) is 2.58. The molecular weight excluding hydrogens is 202 g/mol. The molecule has 0 radical (unpaired) electrons. The fourth-order valence-electron chi connectivity index (χ4n) is 1.64. The third-order valence-electron chi connectivity index (χ3n) is 2.58. The average molecular weight is 219 g/mol. The van der Waals surface area contributed by atoms with Crippen LogP contribution in [0.3, 0.4) is 0 Å². The number of hydrogen-bond donors (Lipinski definition) is 0. The molecule has 0 N–H and O–H groups in total. The van der Waals surface area contributed by atoms with Gasteiger partial charge in [0.05, 0.1) is 13.7 Å². The number of benzene rings is 1. The van der Waals surface area contributed by atoms with Crippen LogP contribution in [-0.2, 0) is 4.74 Å². The normalized spacial score (nSPS) is 16.7. The van der Waals surface area contributed by atoms with Crippen molar-refractivity contribution in [1.29, 1.82) is 0 Å². The van der Waals surface area contributed by atoms with Gasteiger partial charge in [-0.05, 0) is 30.2 Å². The predicted molar refractivity (Wildman–Crippen MR) is 64.2 cm³/mol. The van der Waals surface area contributed by atoms with Crippen LogP contribution in [0.2, 0.25) is 0 Å². The van der Waals surface area contributed by atoms with Crippen LogP contribution in [0.25, 0.3) is 6.08 Å². The lowest BCUT2D eigenvalue weighted by Gasteiger charge is -2.24. The summed E-state index contributed by atoms with van der Waals surface area (Å²) in [5, 5.41) is 0. The smallest absolute Gasteiger partial charge is 0.118 e. The Hall–Kier alpha value is -1.48. The molecule has 0 aromatic heterocycles. The van der Waals surface area contributed by atoms with Crippen molar-refractivity contribution in [3.8, 4) is 5.75 Å². The minimum Gasteiger partial charge on any atom is -0.497 e. The van der Waals surface area contributed by atoms with E-state index >= 15 is 0 Å². The van der Waals surface area contributed by atoms with Crippen LogP contribution >= 0.6 is 0 Å². The molecule has 0 unspecified atom stereocenters. The molecule has 1 aromatic rings. The lowest BCUT2D eigenvalue weighted by Crippen LogP contribution is -2.28. The molecule has 0 bridgehead atoms. The lowest BCUT2D eigenvalue weighted by atomic mass is 10.2. The monoisotopic (exact) mass is 219 g/mol. The third kappa shape index (κ3) is 3.00. The predicted octanol–water partition coefficient (Wildman–Crippen LogP) is 2.35. The maximum absolute atomic E-state index is 5.36. The number of methoxy groups -OCH3 is 1. The van der Waals surface area contributed by atoms with Gasteiger partial charge in [0.25, 0.3) is 0 Å². The van der Waals surface area contributed by atoms with E-state index in [-0.39, 0.29) is 0 Å². The van der Waals surface area contributed by atoms with Crippen LogP contribution in [0.15, 0.2) is 30.5 Å². The first-order valence-corrected chi connectivity index (χ1v) is 5.52. The largest absolute Gasteiger partial charge is 0.497 e. The van der Waals surface area contributed by atoms with Crippen molar-refractivity contribution < 1.29 is 9.47 Å². The van der Waals surface area contributed by atoms with E-state index < -0.39 is 0 Å². The van der Waals surface area contributed by atoms with Gasteiger partial charge < -0.3 is 14.4 Å². The molecule has 1 fully saturated rings. The van der Waals surface area contributed by atoms with E-state index in [1.165, 1.54) is 5.56 Å². The summed E-state index contributed by atoms with van der Waals surface area (Å²) in [5.41, 5.74) is 1.17. The van der Waals surface area contributed by atoms with Crippen LogP contribution in [-0.4, -0.2) is 31.9 Å². The number of hydrogen-bond acceptors (Lipinski definition) is 3. The molecule has 1 aliphatic rings. The molecule has 0 saturated carbocycles. The summed E-state index contributed by atoms with van der Waals surface area (Å²) in [5.74, 6) is 0.887. The van der Waals surface area contributed by atoms with Gasteiger partial charge in [0.1, 0.15) is 12.5 Å². The number of rotatable bonds is 3. The van der Waals surface area contributed by atoms with Gasteiger partial charge in [-0.2, -0.15) is 0 Å². The van der Waals surface area contributed by atoms with E-state index in [9.17, 15) is 0 Å². The van der Waals surface area contributed by atoms with Gasteiger partial charge in [0, 0.05) is 12.7 Å². The summed E-state index contributed by atoms with van der Waals surface area (Å²) in [6, 6.07) is 8.01. The van der Waals surface area contributed by atoms with Crippen molar-refractivity contribution in [3.63, 3.8) is 0 Å². The molecule has 1 heterocycles. The van der Waals surface area contributed by atoms with Crippen molar-refractivity contribution in [3.05, 3.63) is 36.0 Å². The summed E-state index contributed by atoms with van der Waals surface area (Å²) in [7, 11) is 1.68. The molecule has 1 saturated heterocycles. The van der Waals surface area contributed by atoms with Gasteiger partial charge in [0.2, 0.25) is 0 Å². The fraction of sp³-hybridized carbons (Fsp3) is 0.385. The maximum Gasteiger partial charge on any atom is 0.118 e. The van der Waals surface area contributed by atoms with Crippen LogP contribution < -0.4 is 4.74 Å². The molecule has 0 atom stereocenters. The van der Waals surface area contributed by atoms with Crippen molar-refractivity contribution in [1.82, 2.24) is 4.90 Å². The number of nitrogens with zero attached hydrogens (tertiary/aromatic N) is 1. The maximum atomic E-state index is 5.36. The Kier molecular flexibility index (Phi) is 3.83. The van der Waals surface area contributed by atoms with E-state index in [2.05, 4.69) is 17.2 Å². The molecule has 0 amide bonds. The van der Waals surface area contributed by atoms with Gasteiger partial charge in [0.15, 0.2) is 0 Å². The highest BCUT2D eigenvalue weighted by Gasteiger charge is 2.04. The molecule has 0 aliphatic carbocycles. The SMILES string of the molecule is COc1ccc(/C=C/N2CCCOC2)cc1. The highest BCUT2D eigenvalue weighted by molar-refractivity contribution is 5.50. The van der Waals surface area contributed by atoms with Gasteiger partial charge >= 0.3 is 0 Å². The van der Waals surface area contributed by atoms with E-state index in [4.69, 9.17) is 9.47 Å². The zero-order valence-corrected chi connectivity index (χ0v) is 9.56. The average Bonchev–Trinajstić information content (AvgIpc) is 2.38. The van der Waals surface area contributed by atoms with Gasteiger partial charge in [-0.3, -0.25) is 0 Å². The van der Waals surface area contributed by atoms with E-state index in [0.29, 0.717) is 6.73 Å². The van der Waals surface area contributed by atoms with Crippen molar-refractivity contribution in [2.45, 2.75) is 6.42 Å². The molecule has 3 heteroatoms. The molecule has 1 aromatic carbocycles. The van der Waals surface area contributed by atoms with Crippen LogP contribution in [0.5, 0.6) is 5.75 Å². The second-order valence-corrected chi connectivity index (χ2v) is 3.79. The van der Waals surface area contributed by atoms with E-state index in [0.717, 1.165) is 25.3 Å². The van der Waals surface area contributed by atoms with Gasteiger partial charge in [-0.15, -0.1) is 0 Å². The van der Waals surface area contributed by atoms with Crippen molar-refractivity contribution >= 4 is 6.08 Å². The minimum absolute atomic E-state index is 0.701. The lowest BCUT2D eigenvalue weighted by molar-refractivity contribution is 0.0131. The highest BCUT2D eigenvalue weighted by Crippen LogP contribution is 2.13. The number of ether oxygens (including phenoxy) is 2. The summed E-state index contributed by atoms with van der Waals surface area (Å²) in [6.07, 6.45) is 5.28. The Morgan fingerprint density at radius 3 is 2.75 bits per heavy atom. The van der Waals surface area contributed by atoms with E-state index in [1.807, 2.05) is 24.3 Å². The van der Waals surface area contributed by atoms with Crippen molar-refractivity contribution in [2.75, 3.05) is 27.0 Å².